The minimum atomic E-state index is 0.0900. The highest BCUT2D eigenvalue weighted by molar-refractivity contribution is 5.48. The Kier molecular flexibility index (Phi) is 4.95. The van der Waals surface area contributed by atoms with E-state index in [0.29, 0.717) is 11.9 Å². The van der Waals surface area contributed by atoms with Crippen molar-refractivity contribution in [1.82, 2.24) is 9.97 Å². The average molecular weight is 312 g/mol. The molecule has 1 saturated heterocycles. The van der Waals surface area contributed by atoms with Crippen molar-refractivity contribution in [3.63, 3.8) is 0 Å². The van der Waals surface area contributed by atoms with Crippen molar-refractivity contribution < 1.29 is 4.74 Å². The highest BCUT2D eigenvalue weighted by atomic mass is 16.5. The van der Waals surface area contributed by atoms with Gasteiger partial charge < -0.3 is 15.0 Å². The Balaban J connectivity index is 1.59. The van der Waals surface area contributed by atoms with Crippen molar-refractivity contribution in [2.45, 2.75) is 38.8 Å². The first-order chi connectivity index (χ1) is 11.2. The molecule has 0 spiro atoms. The second kappa shape index (κ2) is 7.31. The molecule has 1 aromatic carbocycles. The summed E-state index contributed by atoms with van der Waals surface area (Å²) in [6.07, 6.45) is 5.61. The van der Waals surface area contributed by atoms with Crippen LogP contribution in [0.25, 0.3) is 0 Å². The van der Waals surface area contributed by atoms with Gasteiger partial charge in [0.05, 0.1) is 6.10 Å². The SMILES string of the molecule is CC(C)Oc1nccnc1NC1CCN(c2ccccc2)CC1. The summed E-state index contributed by atoms with van der Waals surface area (Å²) < 4.78 is 5.73. The van der Waals surface area contributed by atoms with E-state index in [1.54, 1.807) is 12.4 Å². The molecule has 0 radical (unpaired) electrons. The monoisotopic (exact) mass is 312 g/mol. The lowest BCUT2D eigenvalue weighted by Crippen LogP contribution is -2.39. The smallest absolute Gasteiger partial charge is 0.257 e. The van der Waals surface area contributed by atoms with Gasteiger partial charge in [-0.25, -0.2) is 9.97 Å². The Morgan fingerprint density at radius 1 is 1.09 bits per heavy atom. The fourth-order valence-corrected chi connectivity index (χ4v) is 2.85. The summed E-state index contributed by atoms with van der Waals surface area (Å²) in [7, 11) is 0. The Labute approximate surface area is 137 Å². The molecule has 0 unspecified atom stereocenters. The zero-order chi connectivity index (χ0) is 16.1. The van der Waals surface area contributed by atoms with E-state index in [2.05, 4.69) is 50.5 Å². The van der Waals surface area contributed by atoms with Gasteiger partial charge in [-0.2, -0.15) is 0 Å². The van der Waals surface area contributed by atoms with Gasteiger partial charge in [-0.05, 0) is 38.8 Å². The fourth-order valence-electron chi connectivity index (χ4n) is 2.85. The number of para-hydroxylation sites is 1. The number of rotatable bonds is 5. The van der Waals surface area contributed by atoms with E-state index in [1.165, 1.54) is 5.69 Å². The molecule has 3 rings (SSSR count). The number of piperidine rings is 1. The molecule has 122 valence electrons. The molecule has 1 fully saturated rings. The van der Waals surface area contributed by atoms with Gasteiger partial charge in [-0.1, -0.05) is 18.2 Å². The second-order valence-electron chi connectivity index (χ2n) is 6.12. The van der Waals surface area contributed by atoms with Crippen molar-refractivity contribution in [1.29, 1.82) is 0 Å². The molecule has 0 amide bonds. The summed E-state index contributed by atoms with van der Waals surface area (Å²) in [5.74, 6) is 1.34. The van der Waals surface area contributed by atoms with Gasteiger partial charge in [0.15, 0.2) is 5.82 Å². The topological polar surface area (TPSA) is 50.3 Å². The summed E-state index contributed by atoms with van der Waals surface area (Å²) in [4.78, 5) is 11.1. The number of anilines is 2. The van der Waals surface area contributed by atoms with Crippen LogP contribution in [0.3, 0.4) is 0 Å². The Morgan fingerprint density at radius 3 is 2.48 bits per heavy atom. The Morgan fingerprint density at radius 2 is 1.78 bits per heavy atom. The highest BCUT2D eigenvalue weighted by Crippen LogP contribution is 2.24. The van der Waals surface area contributed by atoms with E-state index in [0.717, 1.165) is 31.7 Å². The van der Waals surface area contributed by atoms with Crippen LogP contribution in [-0.2, 0) is 0 Å². The minimum absolute atomic E-state index is 0.0900. The van der Waals surface area contributed by atoms with Crippen molar-refractivity contribution in [3.8, 4) is 5.88 Å². The van der Waals surface area contributed by atoms with Crippen LogP contribution in [0, 0.1) is 0 Å². The van der Waals surface area contributed by atoms with Crippen molar-refractivity contribution >= 4 is 11.5 Å². The lowest BCUT2D eigenvalue weighted by atomic mass is 10.0. The van der Waals surface area contributed by atoms with Crippen LogP contribution in [0.4, 0.5) is 11.5 Å². The van der Waals surface area contributed by atoms with Crippen molar-refractivity contribution in [2.75, 3.05) is 23.3 Å². The van der Waals surface area contributed by atoms with E-state index >= 15 is 0 Å². The summed E-state index contributed by atoms with van der Waals surface area (Å²) in [5.41, 5.74) is 1.30. The minimum Gasteiger partial charge on any atom is -0.472 e. The second-order valence-corrected chi connectivity index (χ2v) is 6.12. The lowest BCUT2D eigenvalue weighted by Gasteiger charge is -2.34. The molecule has 1 N–H and O–H groups in total. The largest absolute Gasteiger partial charge is 0.472 e. The molecule has 0 saturated carbocycles. The molecular formula is C18H24N4O. The molecule has 1 aliphatic rings. The number of nitrogens with zero attached hydrogens (tertiary/aromatic N) is 3. The predicted octanol–water partition coefficient (Wildman–Crippen LogP) is 3.34. The predicted molar refractivity (Wildman–Crippen MR) is 93.1 cm³/mol. The first-order valence-corrected chi connectivity index (χ1v) is 8.26. The first-order valence-electron chi connectivity index (χ1n) is 8.26. The third-order valence-electron chi connectivity index (χ3n) is 3.97. The maximum Gasteiger partial charge on any atom is 0.257 e. The van der Waals surface area contributed by atoms with Gasteiger partial charge in [0.25, 0.3) is 5.88 Å². The number of hydrogen-bond donors (Lipinski definition) is 1. The van der Waals surface area contributed by atoms with Gasteiger partial charge in [-0.3, -0.25) is 0 Å². The molecule has 0 atom stereocenters. The maximum atomic E-state index is 5.73. The van der Waals surface area contributed by atoms with E-state index < -0.39 is 0 Å². The van der Waals surface area contributed by atoms with Crippen molar-refractivity contribution in [2.24, 2.45) is 0 Å². The summed E-state index contributed by atoms with van der Waals surface area (Å²) >= 11 is 0. The third kappa shape index (κ3) is 4.12. The summed E-state index contributed by atoms with van der Waals surface area (Å²) in [6.45, 7) is 6.08. The van der Waals surface area contributed by atoms with E-state index in [1.807, 2.05) is 13.8 Å². The first kappa shape index (κ1) is 15.6. The molecular weight excluding hydrogens is 288 g/mol. The standard InChI is InChI=1S/C18H24N4O/c1-14(2)23-18-17(19-10-11-20-18)21-15-8-12-22(13-9-15)16-6-4-3-5-7-16/h3-7,10-11,14-15H,8-9,12-13H2,1-2H3,(H,19,21). The number of nitrogens with one attached hydrogen (secondary N) is 1. The van der Waals surface area contributed by atoms with E-state index in [-0.39, 0.29) is 6.10 Å². The molecule has 1 aliphatic heterocycles. The molecule has 0 bridgehead atoms. The van der Waals surface area contributed by atoms with Crippen molar-refractivity contribution in [3.05, 3.63) is 42.7 Å². The summed E-state index contributed by atoms with van der Waals surface area (Å²) in [6, 6.07) is 11.0. The Hall–Kier alpha value is -2.30. The average Bonchev–Trinajstić information content (AvgIpc) is 2.58. The van der Waals surface area contributed by atoms with Crippen LogP contribution >= 0.6 is 0 Å². The van der Waals surface area contributed by atoms with Crippen LogP contribution in [0.15, 0.2) is 42.7 Å². The zero-order valence-electron chi connectivity index (χ0n) is 13.8. The normalized spacial score (nSPS) is 15.7. The lowest BCUT2D eigenvalue weighted by molar-refractivity contribution is 0.233. The Bertz CT molecular complexity index is 609. The fraction of sp³-hybridized carbons (Fsp3) is 0.444. The molecule has 0 aliphatic carbocycles. The molecule has 23 heavy (non-hydrogen) atoms. The van der Waals surface area contributed by atoms with Gasteiger partial charge in [-0.15, -0.1) is 0 Å². The number of ether oxygens (including phenoxy) is 1. The van der Waals surface area contributed by atoms with Gasteiger partial charge in [0.2, 0.25) is 0 Å². The van der Waals surface area contributed by atoms with E-state index in [9.17, 15) is 0 Å². The molecule has 2 aromatic rings. The van der Waals surface area contributed by atoms with Gasteiger partial charge in [0.1, 0.15) is 0 Å². The van der Waals surface area contributed by atoms with Crippen LogP contribution in [0.5, 0.6) is 5.88 Å². The molecule has 5 heteroatoms. The number of hydrogen-bond acceptors (Lipinski definition) is 5. The van der Waals surface area contributed by atoms with Crippen LogP contribution in [0.1, 0.15) is 26.7 Å². The van der Waals surface area contributed by atoms with Gasteiger partial charge in [0, 0.05) is 37.2 Å². The number of benzene rings is 1. The van der Waals surface area contributed by atoms with Crippen LogP contribution in [-0.4, -0.2) is 35.2 Å². The maximum absolute atomic E-state index is 5.73. The molecule has 2 heterocycles. The quantitative estimate of drug-likeness (QED) is 0.917. The van der Waals surface area contributed by atoms with E-state index in [4.69, 9.17) is 4.74 Å². The van der Waals surface area contributed by atoms with Gasteiger partial charge >= 0.3 is 0 Å². The molecule has 1 aromatic heterocycles. The highest BCUT2D eigenvalue weighted by Gasteiger charge is 2.21. The molecule has 5 nitrogen and oxygen atoms in total. The number of aromatic nitrogens is 2. The summed E-state index contributed by atoms with van der Waals surface area (Å²) in [5, 5.41) is 3.50. The zero-order valence-corrected chi connectivity index (χ0v) is 13.8. The van der Waals surface area contributed by atoms with Crippen LogP contribution < -0.4 is 15.0 Å². The third-order valence-corrected chi connectivity index (χ3v) is 3.97. The van der Waals surface area contributed by atoms with Crippen LogP contribution in [0.2, 0.25) is 0 Å².